The topological polar surface area (TPSA) is 28.2 Å². The smallest absolute Gasteiger partial charge is 0.131 e. The summed E-state index contributed by atoms with van der Waals surface area (Å²) in [4.78, 5) is 6.92. The summed E-state index contributed by atoms with van der Waals surface area (Å²) >= 11 is 0. The summed E-state index contributed by atoms with van der Waals surface area (Å²) in [5.41, 5.74) is 2.53. The average Bonchev–Trinajstić information content (AvgIpc) is 2.38. The minimum atomic E-state index is 0.685. The summed E-state index contributed by atoms with van der Waals surface area (Å²) in [6.45, 7) is 14.2. The maximum Gasteiger partial charge on any atom is 0.131 e. The third-order valence-electron chi connectivity index (χ3n) is 3.63. The van der Waals surface area contributed by atoms with E-state index in [1.807, 2.05) is 6.20 Å². The zero-order chi connectivity index (χ0) is 15.1. The zero-order valence-corrected chi connectivity index (χ0v) is 14.0. The molecule has 0 amide bonds. The number of nitrogens with one attached hydrogen (secondary N) is 1. The second-order valence-electron chi connectivity index (χ2n) is 6.40. The predicted octanol–water partition coefficient (Wildman–Crippen LogP) is 3.62. The Hall–Kier alpha value is -1.09. The Morgan fingerprint density at radius 1 is 1.30 bits per heavy atom. The lowest BCUT2D eigenvalue weighted by atomic mass is 10.1. The quantitative estimate of drug-likeness (QED) is 0.786. The van der Waals surface area contributed by atoms with E-state index < -0.39 is 0 Å². The van der Waals surface area contributed by atoms with Gasteiger partial charge in [-0.25, -0.2) is 4.98 Å². The van der Waals surface area contributed by atoms with Crippen molar-refractivity contribution in [3.63, 3.8) is 0 Å². The highest BCUT2D eigenvalue weighted by molar-refractivity contribution is 5.46. The molecule has 20 heavy (non-hydrogen) atoms. The minimum Gasteiger partial charge on any atom is -0.359 e. The highest BCUT2D eigenvalue weighted by Gasteiger charge is 2.10. The van der Waals surface area contributed by atoms with Gasteiger partial charge in [-0.05, 0) is 42.5 Å². The predicted molar refractivity (Wildman–Crippen MR) is 88.2 cm³/mol. The minimum absolute atomic E-state index is 0.685. The number of hydrogen-bond acceptors (Lipinski definition) is 3. The van der Waals surface area contributed by atoms with Gasteiger partial charge in [0.15, 0.2) is 0 Å². The van der Waals surface area contributed by atoms with Crippen molar-refractivity contribution < 1.29 is 0 Å². The van der Waals surface area contributed by atoms with E-state index in [9.17, 15) is 0 Å². The number of aryl methyl sites for hydroxylation is 1. The zero-order valence-electron chi connectivity index (χ0n) is 14.0. The van der Waals surface area contributed by atoms with Crippen LogP contribution in [0.15, 0.2) is 12.3 Å². The highest BCUT2D eigenvalue weighted by atomic mass is 15.2. The van der Waals surface area contributed by atoms with E-state index in [-0.39, 0.29) is 0 Å². The molecule has 3 nitrogen and oxygen atoms in total. The van der Waals surface area contributed by atoms with Crippen molar-refractivity contribution in [3.8, 4) is 0 Å². The maximum absolute atomic E-state index is 4.65. The van der Waals surface area contributed by atoms with Gasteiger partial charge in [-0.1, -0.05) is 34.1 Å². The van der Waals surface area contributed by atoms with E-state index in [2.05, 4.69) is 62.9 Å². The van der Waals surface area contributed by atoms with Crippen molar-refractivity contribution in [1.29, 1.82) is 0 Å². The van der Waals surface area contributed by atoms with Crippen LogP contribution in [0.3, 0.4) is 0 Å². The molecule has 1 rings (SSSR count). The first kappa shape index (κ1) is 17.0. The van der Waals surface area contributed by atoms with Crippen molar-refractivity contribution in [2.75, 3.05) is 25.0 Å². The summed E-state index contributed by atoms with van der Waals surface area (Å²) < 4.78 is 0. The Bertz CT molecular complexity index is 401. The Labute approximate surface area is 124 Å². The molecule has 114 valence electrons. The fraction of sp³-hybridized carbons (Fsp3) is 0.706. The van der Waals surface area contributed by atoms with Gasteiger partial charge in [0.05, 0.1) is 0 Å². The van der Waals surface area contributed by atoms with Gasteiger partial charge in [-0.2, -0.15) is 0 Å². The number of aromatic nitrogens is 1. The summed E-state index contributed by atoms with van der Waals surface area (Å²) in [5, 5.41) is 3.46. The van der Waals surface area contributed by atoms with Gasteiger partial charge in [-0.3, -0.25) is 0 Å². The maximum atomic E-state index is 4.65. The molecular formula is C17H31N3. The largest absolute Gasteiger partial charge is 0.359 e. The van der Waals surface area contributed by atoms with Crippen LogP contribution in [0.5, 0.6) is 0 Å². The van der Waals surface area contributed by atoms with Crippen LogP contribution in [-0.4, -0.2) is 25.1 Å². The van der Waals surface area contributed by atoms with Gasteiger partial charge in [0.1, 0.15) is 5.82 Å². The Balaban J connectivity index is 2.63. The molecule has 0 spiro atoms. The van der Waals surface area contributed by atoms with Gasteiger partial charge in [0, 0.05) is 26.3 Å². The highest BCUT2D eigenvalue weighted by Crippen LogP contribution is 2.18. The summed E-state index contributed by atoms with van der Waals surface area (Å²) in [5.74, 6) is 2.50. The third kappa shape index (κ3) is 5.49. The Morgan fingerprint density at radius 2 is 2.00 bits per heavy atom. The van der Waals surface area contributed by atoms with E-state index in [0.29, 0.717) is 11.8 Å². The average molecular weight is 277 g/mol. The number of anilines is 1. The molecule has 3 heteroatoms. The molecular weight excluding hydrogens is 246 g/mol. The first-order chi connectivity index (χ1) is 9.43. The molecule has 0 radical (unpaired) electrons. The molecule has 0 saturated heterocycles. The second-order valence-corrected chi connectivity index (χ2v) is 6.40. The number of hydrogen-bond donors (Lipinski definition) is 1. The van der Waals surface area contributed by atoms with E-state index in [1.165, 1.54) is 17.5 Å². The van der Waals surface area contributed by atoms with Crippen LogP contribution in [0.4, 0.5) is 5.82 Å². The van der Waals surface area contributed by atoms with Crippen LogP contribution >= 0.6 is 0 Å². The van der Waals surface area contributed by atoms with Crippen LogP contribution in [0.25, 0.3) is 0 Å². The van der Waals surface area contributed by atoms with Gasteiger partial charge in [-0.15, -0.1) is 0 Å². The van der Waals surface area contributed by atoms with Crippen LogP contribution < -0.4 is 10.2 Å². The molecule has 0 saturated carbocycles. The molecule has 1 atom stereocenters. The summed E-state index contributed by atoms with van der Waals surface area (Å²) in [7, 11) is 2.14. The first-order valence-electron chi connectivity index (χ1n) is 7.81. The van der Waals surface area contributed by atoms with Crippen LogP contribution in [0.2, 0.25) is 0 Å². The number of rotatable bonds is 8. The lowest BCUT2D eigenvalue weighted by molar-refractivity contribution is 0.550. The monoisotopic (exact) mass is 277 g/mol. The normalized spacial score (nSPS) is 12.8. The third-order valence-corrected chi connectivity index (χ3v) is 3.63. The van der Waals surface area contributed by atoms with E-state index in [1.54, 1.807) is 0 Å². The van der Waals surface area contributed by atoms with Gasteiger partial charge < -0.3 is 10.2 Å². The van der Waals surface area contributed by atoms with Crippen LogP contribution in [0, 0.1) is 18.8 Å². The van der Waals surface area contributed by atoms with E-state index in [0.717, 1.165) is 25.5 Å². The molecule has 1 aromatic rings. The van der Waals surface area contributed by atoms with Gasteiger partial charge >= 0.3 is 0 Å². The lowest BCUT2D eigenvalue weighted by Gasteiger charge is -2.23. The number of nitrogens with zero attached hydrogens (tertiary/aromatic N) is 2. The molecule has 0 aliphatic rings. The fourth-order valence-electron chi connectivity index (χ4n) is 2.31. The number of pyridine rings is 1. The molecule has 1 aromatic heterocycles. The van der Waals surface area contributed by atoms with Crippen LogP contribution in [-0.2, 0) is 6.54 Å². The van der Waals surface area contributed by atoms with Crippen molar-refractivity contribution >= 4 is 5.82 Å². The lowest BCUT2D eigenvalue weighted by Crippen LogP contribution is -2.25. The van der Waals surface area contributed by atoms with Gasteiger partial charge in [0.25, 0.3) is 0 Å². The van der Waals surface area contributed by atoms with Crippen LogP contribution in [0.1, 0.15) is 45.2 Å². The molecule has 1 unspecified atom stereocenters. The molecule has 0 fully saturated rings. The van der Waals surface area contributed by atoms with E-state index in [4.69, 9.17) is 0 Å². The van der Waals surface area contributed by atoms with Crippen molar-refractivity contribution in [2.45, 2.75) is 47.6 Å². The molecule has 0 aromatic carbocycles. The second kappa shape index (κ2) is 8.25. The molecule has 0 aliphatic heterocycles. The molecule has 0 aliphatic carbocycles. The summed E-state index contributed by atoms with van der Waals surface area (Å²) in [6.07, 6.45) is 3.21. The van der Waals surface area contributed by atoms with Gasteiger partial charge in [0.2, 0.25) is 0 Å². The standard InChI is InChI=1S/C17H31N3/c1-7-14(4)12-20(6)17-15(5)8-16(11-19-17)10-18-9-13(2)3/h8,11,13-14,18H,7,9-10,12H2,1-6H3. The molecule has 1 heterocycles. The van der Waals surface area contributed by atoms with Crippen molar-refractivity contribution in [2.24, 2.45) is 11.8 Å². The Kier molecular flexibility index (Phi) is 7.00. The fourth-order valence-corrected chi connectivity index (χ4v) is 2.31. The molecule has 0 bridgehead atoms. The summed E-state index contributed by atoms with van der Waals surface area (Å²) in [6, 6.07) is 2.25. The first-order valence-corrected chi connectivity index (χ1v) is 7.81. The van der Waals surface area contributed by atoms with Crippen molar-refractivity contribution in [3.05, 3.63) is 23.4 Å². The Morgan fingerprint density at radius 3 is 2.55 bits per heavy atom. The SMILES string of the molecule is CCC(C)CN(C)c1ncc(CNCC(C)C)cc1C. The molecule has 1 N–H and O–H groups in total. The van der Waals surface area contributed by atoms with Crippen molar-refractivity contribution in [1.82, 2.24) is 10.3 Å². The van der Waals surface area contributed by atoms with E-state index >= 15 is 0 Å².